The van der Waals surface area contributed by atoms with Crippen molar-refractivity contribution in [2.45, 2.75) is 70.9 Å². The van der Waals surface area contributed by atoms with Crippen LogP contribution in [0.1, 0.15) is 59.8 Å². The molecule has 2 nitrogen and oxygen atoms in total. The number of hydrogen-bond donors (Lipinski definition) is 2. The van der Waals surface area contributed by atoms with Crippen LogP contribution in [0.25, 0.3) is 0 Å². The minimum absolute atomic E-state index is 0.0648. The van der Waals surface area contributed by atoms with E-state index in [1.165, 1.54) is 24.8 Å². The van der Waals surface area contributed by atoms with Crippen molar-refractivity contribution in [2.75, 3.05) is 6.54 Å². The highest BCUT2D eigenvalue weighted by molar-refractivity contribution is 5.17. The van der Waals surface area contributed by atoms with E-state index in [0.717, 1.165) is 12.8 Å². The molecular formula is C14H27NO. The minimum atomic E-state index is -0.683. The summed E-state index contributed by atoms with van der Waals surface area (Å²) in [6.45, 7) is 8.96. The maximum absolute atomic E-state index is 10.5. The summed E-state index contributed by atoms with van der Waals surface area (Å²) in [6, 6.07) is 0. The van der Waals surface area contributed by atoms with Crippen molar-refractivity contribution < 1.29 is 5.11 Å². The van der Waals surface area contributed by atoms with Gasteiger partial charge in [-0.05, 0) is 59.0 Å². The molecule has 0 amide bonds. The average molecular weight is 225 g/mol. The lowest BCUT2D eigenvalue weighted by Crippen LogP contribution is -2.47. The van der Waals surface area contributed by atoms with E-state index in [9.17, 15) is 5.11 Å². The first kappa shape index (κ1) is 13.7. The first-order chi connectivity index (χ1) is 7.31. The molecule has 0 heterocycles. The summed E-state index contributed by atoms with van der Waals surface area (Å²) in [6.07, 6.45) is 8.21. The van der Waals surface area contributed by atoms with E-state index in [1.54, 1.807) is 0 Å². The minimum Gasteiger partial charge on any atom is -0.384 e. The second-order valence-corrected chi connectivity index (χ2v) is 6.21. The lowest BCUT2D eigenvalue weighted by molar-refractivity contribution is 0.0857. The summed E-state index contributed by atoms with van der Waals surface area (Å²) in [5.41, 5.74) is 0.606. The highest BCUT2D eigenvalue weighted by Crippen LogP contribution is 2.26. The molecule has 16 heavy (non-hydrogen) atoms. The number of nitrogens with one attached hydrogen (secondary N) is 1. The van der Waals surface area contributed by atoms with Crippen molar-refractivity contribution in [1.82, 2.24) is 5.32 Å². The standard InChI is InChI=1S/C14H27NO/c1-13(2,3)15-11-14(4,16)12-9-7-5-6-8-10-12/h9,15-16H,5-8,10-11H2,1-4H3. The molecule has 2 heteroatoms. The van der Waals surface area contributed by atoms with Gasteiger partial charge in [0, 0.05) is 12.1 Å². The third-order valence-corrected chi connectivity index (χ3v) is 3.20. The normalized spacial score (nSPS) is 22.2. The van der Waals surface area contributed by atoms with Crippen LogP contribution in [0.2, 0.25) is 0 Å². The Morgan fingerprint density at radius 2 is 1.88 bits per heavy atom. The Hall–Kier alpha value is -0.340. The van der Waals surface area contributed by atoms with Crippen LogP contribution < -0.4 is 5.32 Å². The largest absolute Gasteiger partial charge is 0.384 e. The molecule has 0 aromatic carbocycles. The molecule has 0 radical (unpaired) electrons. The van der Waals surface area contributed by atoms with Crippen LogP contribution in [0.15, 0.2) is 11.6 Å². The van der Waals surface area contributed by atoms with Crippen molar-refractivity contribution in [3.05, 3.63) is 11.6 Å². The Morgan fingerprint density at radius 3 is 2.50 bits per heavy atom. The summed E-state index contributed by atoms with van der Waals surface area (Å²) < 4.78 is 0. The van der Waals surface area contributed by atoms with Crippen LogP contribution in [-0.4, -0.2) is 22.8 Å². The van der Waals surface area contributed by atoms with Crippen LogP contribution in [0.5, 0.6) is 0 Å². The van der Waals surface area contributed by atoms with Gasteiger partial charge in [-0.3, -0.25) is 0 Å². The number of β-amino-alcohol motifs (C(OH)–C–C–N with tert-alkyl or cyclic N) is 1. The van der Waals surface area contributed by atoms with E-state index < -0.39 is 5.60 Å². The molecule has 1 unspecified atom stereocenters. The average Bonchev–Trinajstić information content (AvgIpc) is 2.42. The van der Waals surface area contributed by atoms with Gasteiger partial charge in [0.2, 0.25) is 0 Å². The van der Waals surface area contributed by atoms with E-state index in [1.807, 2.05) is 6.92 Å². The summed E-state index contributed by atoms with van der Waals surface area (Å²) in [7, 11) is 0. The Balaban J connectivity index is 2.57. The van der Waals surface area contributed by atoms with Crippen LogP contribution in [0.3, 0.4) is 0 Å². The predicted molar refractivity (Wildman–Crippen MR) is 69.5 cm³/mol. The van der Waals surface area contributed by atoms with E-state index >= 15 is 0 Å². The van der Waals surface area contributed by atoms with Crippen LogP contribution >= 0.6 is 0 Å². The van der Waals surface area contributed by atoms with Gasteiger partial charge in [-0.1, -0.05) is 12.5 Å². The molecule has 1 atom stereocenters. The molecule has 0 fully saturated rings. The number of hydrogen-bond acceptors (Lipinski definition) is 2. The first-order valence-corrected chi connectivity index (χ1v) is 6.48. The zero-order valence-corrected chi connectivity index (χ0v) is 11.3. The van der Waals surface area contributed by atoms with Gasteiger partial charge in [-0.15, -0.1) is 0 Å². The Morgan fingerprint density at radius 1 is 1.19 bits per heavy atom. The predicted octanol–water partition coefficient (Wildman–Crippen LogP) is 3.02. The van der Waals surface area contributed by atoms with Crippen molar-refractivity contribution in [2.24, 2.45) is 0 Å². The van der Waals surface area contributed by atoms with Gasteiger partial charge in [0.1, 0.15) is 0 Å². The van der Waals surface area contributed by atoms with E-state index in [0.29, 0.717) is 6.54 Å². The lowest BCUT2D eigenvalue weighted by atomic mass is 9.91. The summed E-state index contributed by atoms with van der Waals surface area (Å²) >= 11 is 0. The molecule has 0 saturated heterocycles. The molecule has 0 spiro atoms. The van der Waals surface area contributed by atoms with Crippen LogP contribution in [0, 0.1) is 0 Å². The number of rotatable bonds is 3. The fraction of sp³-hybridized carbons (Fsp3) is 0.857. The Kier molecular flexibility index (Phi) is 4.57. The maximum atomic E-state index is 10.5. The van der Waals surface area contributed by atoms with Crippen molar-refractivity contribution >= 4 is 0 Å². The molecule has 0 aliphatic heterocycles. The quantitative estimate of drug-likeness (QED) is 0.724. The van der Waals surface area contributed by atoms with Gasteiger partial charge >= 0.3 is 0 Å². The van der Waals surface area contributed by atoms with Crippen molar-refractivity contribution in [3.8, 4) is 0 Å². The van der Waals surface area contributed by atoms with Gasteiger partial charge in [0.05, 0.1) is 5.60 Å². The lowest BCUT2D eigenvalue weighted by Gasteiger charge is -2.31. The zero-order chi connectivity index (χ0) is 12.2. The molecule has 1 aliphatic carbocycles. The molecule has 1 aliphatic rings. The summed E-state index contributed by atoms with van der Waals surface area (Å²) in [5.74, 6) is 0. The second-order valence-electron chi connectivity index (χ2n) is 6.21. The fourth-order valence-electron chi connectivity index (χ4n) is 2.05. The van der Waals surface area contributed by atoms with Crippen molar-refractivity contribution in [1.29, 1.82) is 0 Å². The summed E-state index contributed by atoms with van der Waals surface area (Å²) in [4.78, 5) is 0. The summed E-state index contributed by atoms with van der Waals surface area (Å²) in [5, 5.41) is 13.9. The fourth-order valence-corrected chi connectivity index (χ4v) is 2.05. The van der Waals surface area contributed by atoms with Crippen LogP contribution in [0.4, 0.5) is 0 Å². The topological polar surface area (TPSA) is 32.3 Å². The molecule has 2 N–H and O–H groups in total. The van der Waals surface area contributed by atoms with Gasteiger partial charge in [0.15, 0.2) is 0 Å². The van der Waals surface area contributed by atoms with E-state index in [-0.39, 0.29) is 5.54 Å². The molecule has 1 rings (SSSR count). The maximum Gasteiger partial charge on any atom is 0.0952 e. The number of aliphatic hydroxyl groups is 1. The molecule has 0 saturated carbocycles. The highest BCUT2D eigenvalue weighted by atomic mass is 16.3. The second kappa shape index (κ2) is 5.33. The van der Waals surface area contributed by atoms with Gasteiger partial charge in [-0.2, -0.15) is 0 Å². The smallest absolute Gasteiger partial charge is 0.0952 e. The molecular weight excluding hydrogens is 198 g/mol. The van der Waals surface area contributed by atoms with Crippen molar-refractivity contribution in [3.63, 3.8) is 0 Å². The zero-order valence-electron chi connectivity index (χ0n) is 11.3. The molecule has 0 aromatic heterocycles. The van der Waals surface area contributed by atoms with Gasteiger partial charge < -0.3 is 10.4 Å². The van der Waals surface area contributed by atoms with Gasteiger partial charge in [-0.25, -0.2) is 0 Å². The first-order valence-electron chi connectivity index (χ1n) is 6.48. The molecule has 94 valence electrons. The van der Waals surface area contributed by atoms with Gasteiger partial charge in [0.25, 0.3) is 0 Å². The third-order valence-electron chi connectivity index (χ3n) is 3.20. The third kappa shape index (κ3) is 4.67. The Bertz CT molecular complexity index is 248. The monoisotopic (exact) mass is 225 g/mol. The SMILES string of the molecule is CC(C)(C)NCC(C)(O)C1=CCCCCC1. The van der Waals surface area contributed by atoms with E-state index in [4.69, 9.17) is 0 Å². The Labute approximate surface area is 100 Å². The highest BCUT2D eigenvalue weighted by Gasteiger charge is 2.27. The van der Waals surface area contributed by atoms with E-state index in [2.05, 4.69) is 32.2 Å². The molecule has 0 bridgehead atoms. The van der Waals surface area contributed by atoms with Crippen LogP contribution in [-0.2, 0) is 0 Å². The molecule has 0 aromatic rings. The number of allylic oxidation sites excluding steroid dienone is 1.